The highest BCUT2D eigenvalue weighted by molar-refractivity contribution is 7.14. The van der Waals surface area contributed by atoms with Crippen LogP contribution in [0.4, 0.5) is 5.00 Å². The van der Waals surface area contributed by atoms with Crippen LogP contribution >= 0.6 is 11.3 Å². The summed E-state index contributed by atoms with van der Waals surface area (Å²) in [5.74, 6) is 1.17. The van der Waals surface area contributed by atoms with Crippen molar-refractivity contribution in [3.05, 3.63) is 58.4 Å². The minimum atomic E-state index is 0.0495. The number of thiophene rings is 1. The molecule has 0 bridgehead atoms. The quantitative estimate of drug-likeness (QED) is 0.686. The Balaban J connectivity index is 1.57. The summed E-state index contributed by atoms with van der Waals surface area (Å²) >= 11 is 1.45. The molecule has 2 atom stereocenters. The maximum atomic E-state index is 9.54. The van der Waals surface area contributed by atoms with Crippen LogP contribution in [0, 0.1) is 39.9 Å². The average molecular weight is 456 g/mol. The number of rotatable bonds is 6. The number of aromatic nitrogens is 1. The number of nitrogens with zero attached hydrogens (tertiary/aromatic N) is 6. The first-order chi connectivity index (χ1) is 16.1. The molecule has 0 radical (unpaired) electrons. The molecule has 166 valence electrons. The molecule has 2 aromatic heterocycles. The van der Waals surface area contributed by atoms with Gasteiger partial charge in [-0.05, 0) is 49.5 Å². The van der Waals surface area contributed by atoms with Gasteiger partial charge in [0.05, 0.1) is 24.1 Å². The predicted molar refractivity (Wildman–Crippen MR) is 131 cm³/mol. The van der Waals surface area contributed by atoms with Gasteiger partial charge in [0, 0.05) is 49.2 Å². The lowest BCUT2D eigenvalue weighted by Gasteiger charge is -2.24. The smallest absolute Gasteiger partial charge is 0.132 e. The maximum absolute atomic E-state index is 9.54. The summed E-state index contributed by atoms with van der Waals surface area (Å²) in [5, 5.41) is 34.2. The zero-order chi connectivity index (χ0) is 23.4. The molecular formula is C25H25N7S. The Kier molecular flexibility index (Phi) is 6.63. The van der Waals surface area contributed by atoms with Crippen LogP contribution in [0.1, 0.15) is 49.4 Å². The van der Waals surface area contributed by atoms with Gasteiger partial charge < -0.3 is 14.8 Å². The topological polar surface area (TPSA) is 104 Å². The van der Waals surface area contributed by atoms with Crippen molar-refractivity contribution in [2.75, 3.05) is 24.5 Å². The summed E-state index contributed by atoms with van der Waals surface area (Å²) in [6.07, 6.45) is 9.50. The molecule has 0 spiro atoms. The van der Waals surface area contributed by atoms with E-state index >= 15 is 0 Å². The molecule has 0 saturated carbocycles. The summed E-state index contributed by atoms with van der Waals surface area (Å²) in [5.41, 5.74) is 4.26. The highest BCUT2D eigenvalue weighted by Crippen LogP contribution is 2.38. The van der Waals surface area contributed by atoms with Gasteiger partial charge in [-0.2, -0.15) is 15.8 Å². The lowest BCUT2D eigenvalue weighted by atomic mass is 9.96. The molecule has 2 aliphatic rings. The van der Waals surface area contributed by atoms with E-state index in [1.165, 1.54) is 11.3 Å². The molecule has 0 amide bonds. The summed E-state index contributed by atoms with van der Waals surface area (Å²) in [6.45, 7) is 6.42. The molecular weight excluding hydrogens is 430 g/mol. The van der Waals surface area contributed by atoms with Gasteiger partial charge in [0.2, 0.25) is 0 Å². The van der Waals surface area contributed by atoms with Crippen molar-refractivity contribution in [3.63, 3.8) is 0 Å². The standard InChI is InChI=1S/C25H25N7S/c1-3-29-24-21(5-9-30-24)17(2)18-6-10-31(14-18)23(4-8-26)19-7-11-32(15-19)25-22(13-28)20(12-27)16-33-25/h5-6,9-10,14,16,19,23H,3-4,7,11,15H2,1-2H3,(H,29,30)/b21-17+. The van der Waals surface area contributed by atoms with E-state index in [4.69, 9.17) is 0 Å². The van der Waals surface area contributed by atoms with Crippen LogP contribution in [-0.2, 0) is 0 Å². The number of aliphatic imine (C=N–C) groups is 1. The second-order valence-corrected chi connectivity index (χ2v) is 9.02. The monoisotopic (exact) mass is 455 g/mol. The van der Waals surface area contributed by atoms with Gasteiger partial charge in [0.25, 0.3) is 0 Å². The van der Waals surface area contributed by atoms with Crippen molar-refractivity contribution in [2.24, 2.45) is 10.9 Å². The van der Waals surface area contributed by atoms with E-state index in [1.807, 2.05) is 19.2 Å². The molecule has 1 fully saturated rings. The van der Waals surface area contributed by atoms with E-state index in [1.54, 1.807) is 5.38 Å². The molecule has 33 heavy (non-hydrogen) atoms. The van der Waals surface area contributed by atoms with Crippen LogP contribution in [0.2, 0.25) is 0 Å². The zero-order valence-corrected chi connectivity index (χ0v) is 19.6. The molecule has 4 heterocycles. The Hall–Kier alpha value is -3.80. The fourth-order valence-electron chi connectivity index (χ4n) is 4.61. The summed E-state index contributed by atoms with van der Waals surface area (Å²) in [4.78, 5) is 6.73. The van der Waals surface area contributed by atoms with Crippen LogP contribution in [-0.4, -0.2) is 30.0 Å². The molecule has 2 aliphatic heterocycles. The molecule has 2 unspecified atom stereocenters. The highest BCUT2D eigenvalue weighted by atomic mass is 32.1. The lowest BCUT2D eigenvalue weighted by molar-refractivity contribution is 0.360. The second-order valence-electron chi connectivity index (χ2n) is 8.16. The fourth-order valence-corrected chi connectivity index (χ4v) is 5.60. The van der Waals surface area contributed by atoms with Crippen molar-refractivity contribution in [2.45, 2.75) is 32.7 Å². The minimum Gasteiger partial charge on any atom is -0.362 e. The molecule has 4 rings (SSSR count). The number of hydrogen-bond donors (Lipinski definition) is 1. The molecule has 0 aromatic carbocycles. The van der Waals surface area contributed by atoms with E-state index in [2.05, 4.69) is 63.4 Å². The Morgan fingerprint density at radius 3 is 2.91 bits per heavy atom. The highest BCUT2D eigenvalue weighted by Gasteiger charge is 2.32. The van der Waals surface area contributed by atoms with E-state index in [-0.39, 0.29) is 12.0 Å². The van der Waals surface area contributed by atoms with Gasteiger partial charge >= 0.3 is 0 Å². The van der Waals surface area contributed by atoms with Gasteiger partial charge in [0.1, 0.15) is 28.5 Å². The second kappa shape index (κ2) is 9.77. The summed E-state index contributed by atoms with van der Waals surface area (Å²) in [7, 11) is 0. The van der Waals surface area contributed by atoms with Crippen LogP contribution in [0.15, 0.2) is 46.7 Å². The molecule has 1 N–H and O–H groups in total. The Labute approximate surface area is 198 Å². The normalized spacial score (nSPS) is 20.9. The van der Waals surface area contributed by atoms with Gasteiger partial charge in [-0.3, -0.25) is 4.99 Å². The van der Waals surface area contributed by atoms with Crippen molar-refractivity contribution in [3.8, 4) is 18.2 Å². The minimum absolute atomic E-state index is 0.0495. The summed E-state index contributed by atoms with van der Waals surface area (Å²) < 4.78 is 2.17. The van der Waals surface area contributed by atoms with Crippen LogP contribution in [0.5, 0.6) is 0 Å². The zero-order valence-electron chi connectivity index (χ0n) is 18.7. The number of anilines is 1. The van der Waals surface area contributed by atoms with Crippen molar-refractivity contribution >= 4 is 27.7 Å². The Morgan fingerprint density at radius 2 is 2.18 bits per heavy atom. The summed E-state index contributed by atoms with van der Waals surface area (Å²) in [6, 6.07) is 8.82. The van der Waals surface area contributed by atoms with E-state index in [0.29, 0.717) is 17.5 Å². The lowest BCUT2D eigenvalue weighted by Crippen LogP contribution is -2.24. The molecule has 2 aromatic rings. The predicted octanol–water partition coefficient (Wildman–Crippen LogP) is 4.58. The van der Waals surface area contributed by atoms with Crippen LogP contribution in [0.3, 0.4) is 0 Å². The van der Waals surface area contributed by atoms with Crippen molar-refractivity contribution < 1.29 is 0 Å². The fraction of sp³-hybridized carbons (Fsp3) is 0.360. The number of hydrogen-bond acceptors (Lipinski definition) is 6. The van der Waals surface area contributed by atoms with Gasteiger partial charge in [-0.25, -0.2) is 0 Å². The molecule has 0 aliphatic carbocycles. The first-order valence-corrected chi connectivity index (χ1v) is 11.9. The van der Waals surface area contributed by atoms with Crippen molar-refractivity contribution in [1.82, 2.24) is 9.88 Å². The van der Waals surface area contributed by atoms with Gasteiger partial charge in [-0.1, -0.05) is 0 Å². The maximum Gasteiger partial charge on any atom is 0.132 e. The third-order valence-electron chi connectivity index (χ3n) is 6.34. The van der Waals surface area contributed by atoms with Gasteiger partial charge in [-0.15, -0.1) is 11.3 Å². The third kappa shape index (κ3) is 4.29. The average Bonchev–Trinajstić information content (AvgIpc) is 3.62. The van der Waals surface area contributed by atoms with E-state index in [9.17, 15) is 15.8 Å². The molecule has 8 heteroatoms. The Bertz CT molecular complexity index is 1250. The van der Waals surface area contributed by atoms with Gasteiger partial charge in [0.15, 0.2) is 0 Å². The third-order valence-corrected chi connectivity index (χ3v) is 7.38. The molecule has 1 saturated heterocycles. The first-order valence-electron chi connectivity index (χ1n) is 11.0. The van der Waals surface area contributed by atoms with Crippen LogP contribution < -0.4 is 10.2 Å². The number of amidine groups is 1. The van der Waals surface area contributed by atoms with Crippen molar-refractivity contribution in [1.29, 1.82) is 15.8 Å². The largest absolute Gasteiger partial charge is 0.362 e. The number of allylic oxidation sites excluding steroid dienone is 1. The first kappa shape index (κ1) is 22.4. The molecule has 7 nitrogen and oxygen atoms in total. The van der Waals surface area contributed by atoms with Crippen LogP contribution in [0.25, 0.3) is 5.57 Å². The number of nitrogens with one attached hydrogen (secondary N) is 1. The SMILES string of the molecule is CCN=C1NC=C/C1=C(/C)c1ccn(C(CC#N)C2CCN(c3scc(C#N)c3C#N)C2)c1. The number of nitriles is 3. The van der Waals surface area contributed by atoms with E-state index < -0.39 is 0 Å². The van der Waals surface area contributed by atoms with E-state index in [0.717, 1.165) is 53.6 Å². The Morgan fingerprint density at radius 1 is 1.33 bits per heavy atom.